The third kappa shape index (κ3) is 6.75. The number of hydrogen-bond acceptors (Lipinski definition) is 4. The van der Waals surface area contributed by atoms with E-state index in [1.807, 2.05) is 24.3 Å². The predicted octanol–water partition coefficient (Wildman–Crippen LogP) is 7.04. The van der Waals surface area contributed by atoms with Crippen LogP contribution in [-0.4, -0.2) is 22.5 Å². The first-order chi connectivity index (χ1) is 17.1. The van der Waals surface area contributed by atoms with E-state index >= 15 is 0 Å². The Labute approximate surface area is 211 Å². The normalized spacial score (nSPS) is 11.9. The summed E-state index contributed by atoms with van der Waals surface area (Å²) in [6.07, 6.45) is 5.11. The molecule has 0 N–H and O–H groups in total. The second-order valence-corrected chi connectivity index (χ2v) is 9.35. The molecule has 1 amide bonds. The number of nitrogens with zero attached hydrogens (tertiary/aromatic N) is 2. The van der Waals surface area contributed by atoms with E-state index in [1.54, 1.807) is 51.3 Å². The zero-order valence-electron chi connectivity index (χ0n) is 20.9. The van der Waals surface area contributed by atoms with Gasteiger partial charge in [-0.3, -0.25) is 9.69 Å². The molecule has 0 spiro atoms. The van der Waals surface area contributed by atoms with Crippen LogP contribution in [0.15, 0.2) is 92.2 Å². The lowest BCUT2D eigenvalue weighted by Gasteiger charge is -2.32. The molecule has 0 saturated carbocycles. The lowest BCUT2D eigenvalue weighted by Crippen LogP contribution is -2.39. The van der Waals surface area contributed by atoms with Crippen LogP contribution >= 0.6 is 0 Å². The number of rotatable bonds is 9. The number of halogens is 1. The molecule has 36 heavy (non-hydrogen) atoms. The summed E-state index contributed by atoms with van der Waals surface area (Å²) in [6.45, 7) is 13.2. The number of allylic oxidation sites excluding steroid dienone is 1. The van der Waals surface area contributed by atoms with Crippen molar-refractivity contribution in [3.05, 3.63) is 120 Å². The van der Waals surface area contributed by atoms with E-state index in [1.165, 1.54) is 29.2 Å². The molecule has 0 saturated heterocycles. The van der Waals surface area contributed by atoms with Crippen LogP contribution in [0.5, 0.6) is 0 Å². The number of amides is 1. The molecule has 0 aliphatic rings. The van der Waals surface area contributed by atoms with Crippen LogP contribution in [0, 0.1) is 5.82 Å². The highest BCUT2D eigenvalue weighted by Crippen LogP contribution is 2.32. The van der Waals surface area contributed by atoms with Crippen LogP contribution in [0.25, 0.3) is 0 Å². The summed E-state index contributed by atoms with van der Waals surface area (Å²) in [6, 6.07) is 16.0. The molecule has 3 rings (SSSR count). The highest BCUT2D eigenvalue weighted by molar-refractivity contribution is 5.97. The van der Waals surface area contributed by atoms with Gasteiger partial charge in [-0.2, -0.15) is 0 Å². The maximum Gasteiger partial charge on any atom is 0.416 e. The minimum absolute atomic E-state index is 0.0646. The largest absolute Gasteiger partial charge is 0.443 e. The number of carbonyl (C=O) groups excluding carboxylic acids is 2. The Hall–Kier alpha value is -4.06. The van der Waals surface area contributed by atoms with Crippen molar-refractivity contribution in [3.63, 3.8) is 0 Å². The van der Waals surface area contributed by atoms with E-state index in [0.717, 1.165) is 11.1 Å². The third-order valence-corrected chi connectivity index (χ3v) is 5.42. The molecule has 1 aromatic heterocycles. The Morgan fingerprint density at radius 2 is 1.78 bits per heavy atom. The number of anilines is 1. The summed E-state index contributed by atoms with van der Waals surface area (Å²) < 4.78 is 19.0. The van der Waals surface area contributed by atoms with Gasteiger partial charge in [0.25, 0.3) is 0 Å². The van der Waals surface area contributed by atoms with Crippen LogP contribution in [0.3, 0.4) is 0 Å². The fourth-order valence-corrected chi connectivity index (χ4v) is 3.82. The molecular formula is C30H31FN2O3. The van der Waals surface area contributed by atoms with Crippen molar-refractivity contribution in [1.29, 1.82) is 0 Å². The Morgan fingerprint density at radius 1 is 1.08 bits per heavy atom. The second-order valence-electron chi connectivity index (χ2n) is 9.35. The van der Waals surface area contributed by atoms with Gasteiger partial charge in [-0.1, -0.05) is 36.4 Å². The smallest absolute Gasteiger partial charge is 0.416 e. The molecule has 1 atom stereocenters. The molecule has 0 aliphatic carbocycles. The number of ketones is 1. The first-order valence-corrected chi connectivity index (χ1v) is 11.7. The Balaban J connectivity index is 2.03. The van der Waals surface area contributed by atoms with E-state index in [-0.39, 0.29) is 12.2 Å². The lowest BCUT2D eigenvalue weighted by molar-refractivity contribution is 0.0570. The maximum absolute atomic E-state index is 13.5. The second kappa shape index (κ2) is 11.6. The van der Waals surface area contributed by atoms with Crippen LogP contribution in [0.2, 0.25) is 0 Å². The number of ether oxygens (including phenoxy) is 1. The van der Waals surface area contributed by atoms with E-state index in [9.17, 15) is 14.0 Å². The quantitative estimate of drug-likeness (QED) is 0.240. The summed E-state index contributed by atoms with van der Waals surface area (Å²) in [5, 5.41) is 0. The maximum atomic E-state index is 13.5. The van der Waals surface area contributed by atoms with Gasteiger partial charge in [-0.05, 0) is 80.3 Å². The molecular weight excluding hydrogens is 455 g/mol. The fourth-order valence-electron chi connectivity index (χ4n) is 3.82. The molecule has 6 heteroatoms. The number of aromatic nitrogens is 1. The van der Waals surface area contributed by atoms with Crippen molar-refractivity contribution in [1.82, 2.24) is 4.98 Å². The minimum Gasteiger partial charge on any atom is -0.443 e. The molecule has 3 aromatic rings. The first kappa shape index (κ1) is 26.5. The molecule has 0 aliphatic heterocycles. The highest BCUT2D eigenvalue weighted by Gasteiger charge is 2.31. The average molecular weight is 487 g/mol. The van der Waals surface area contributed by atoms with Crippen LogP contribution in [0.4, 0.5) is 15.0 Å². The van der Waals surface area contributed by atoms with E-state index < -0.39 is 23.6 Å². The number of carbonyl (C=O) groups is 2. The number of hydrogen-bond donors (Lipinski definition) is 0. The van der Waals surface area contributed by atoms with E-state index in [2.05, 4.69) is 18.1 Å². The van der Waals surface area contributed by atoms with Gasteiger partial charge in [0.2, 0.25) is 0 Å². The third-order valence-electron chi connectivity index (χ3n) is 5.42. The van der Waals surface area contributed by atoms with Crippen molar-refractivity contribution >= 4 is 17.7 Å². The van der Waals surface area contributed by atoms with Crippen LogP contribution < -0.4 is 4.90 Å². The lowest BCUT2D eigenvalue weighted by atomic mass is 9.96. The van der Waals surface area contributed by atoms with Gasteiger partial charge in [-0.15, -0.1) is 13.2 Å². The van der Waals surface area contributed by atoms with Crippen LogP contribution in [-0.2, 0) is 17.6 Å². The Morgan fingerprint density at radius 3 is 2.42 bits per heavy atom. The summed E-state index contributed by atoms with van der Waals surface area (Å²) in [7, 11) is 0. The number of pyridine rings is 1. The minimum atomic E-state index is -0.738. The van der Waals surface area contributed by atoms with E-state index in [0.29, 0.717) is 23.4 Å². The summed E-state index contributed by atoms with van der Waals surface area (Å²) in [4.78, 5) is 32.2. The van der Waals surface area contributed by atoms with Crippen molar-refractivity contribution in [3.8, 4) is 0 Å². The Bertz CT molecular complexity index is 1250. The zero-order valence-corrected chi connectivity index (χ0v) is 20.9. The summed E-state index contributed by atoms with van der Waals surface area (Å²) in [5.74, 6) is -0.252. The standard InChI is InChI=1S/C30H31FN2O3/c1-6-10-22-11-8-9-12-25(22)26(7-2)33(29(35)36-30(3,4)5)28-20-21(17-18-32-28)19-27(34)23-13-15-24(31)16-14-23/h6-9,11-18,20,26H,1-2,10,19H2,3-5H3. The Kier molecular flexibility index (Phi) is 8.54. The van der Waals surface area contributed by atoms with Crippen molar-refractivity contribution < 1.29 is 18.7 Å². The zero-order chi connectivity index (χ0) is 26.3. The predicted molar refractivity (Wildman–Crippen MR) is 141 cm³/mol. The number of benzene rings is 2. The monoisotopic (exact) mass is 486 g/mol. The van der Waals surface area contributed by atoms with Crippen molar-refractivity contribution in [2.75, 3.05) is 4.90 Å². The van der Waals surface area contributed by atoms with Crippen LogP contribution in [0.1, 0.15) is 53.9 Å². The van der Waals surface area contributed by atoms with E-state index in [4.69, 9.17) is 4.74 Å². The summed E-state index contributed by atoms with van der Waals surface area (Å²) in [5.41, 5.74) is 2.19. The van der Waals surface area contributed by atoms with Gasteiger partial charge in [0, 0.05) is 18.2 Å². The molecule has 1 unspecified atom stereocenters. The summed E-state index contributed by atoms with van der Waals surface area (Å²) >= 11 is 0. The molecule has 2 aromatic carbocycles. The topological polar surface area (TPSA) is 59.5 Å². The van der Waals surface area contributed by atoms with Gasteiger partial charge < -0.3 is 4.74 Å². The SMILES string of the molecule is C=CCc1ccccc1C(C=C)N(C(=O)OC(C)(C)C)c1cc(CC(=O)c2ccc(F)cc2)ccn1. The molecule has 0 fully saturated rings. The van der Waals surface area contributed by atoms with Gasteiger partial charge >= 0.3 is 6.09 Å². The highest BCUT2D eigenvalue weighted by atomic mass is 19.1. The van der Waals surface area contributed by atoms with Gasteiger partial charge in [0.05, 0.1) is 6.04 Å². The van der Waals surface area contributed by atoms with Crippen molar-refractivity contribution in [2.45, 2.75) is 45.3 Å². The average Bonchev–Trinajstić information content (AvgIpc) is 2.82. The van der Waals surface area contributed by atoms with Crippen molar-refractivity contribution in [2.24, 2.45) is 0 Å². The van der Waals surface area contributed by atoms with Gasteiger partial charge in [0.15, 0.2) is 5.78 Å². The molecule has 186 valence electrons. The van der Waals surface area contributed by atoms with Gasteiger partial charge in [0.1, 0.15) is 17.2 Å². The molecule has 0 bridgehead atoms. The first-order valence-electron chi connectivity index (χ1n) is 11.7. The van der Waals surface area contributed by atoms with Gasteiger partial charge in [-0.25, -0.2) is 14.2 Å². The molecule has 1 heterocycles. The fraction of sp³-hybridized carbons (Fsp3) is 0.233. The molecule has 0 radical (unpaired) electrons. The number of Topliss-reactive ketones (excluding diaryl/α,β-unsaturated/α-hetero) is 1. The molecule has 5 nitrogen and oxygen atoms in total.